The van der Waals surface area contributed by atoms with Gasteiger partial charge in [-0.15, -0.1) is 0 Å². The number of benzene rings is 2. The summed E-state index contributed by atoms with van der Waals surface area (Å²) in [6.45, 7) is 0. The van der Waals surface area contributed by atoms with Crippen LogP contribution < -0.4 is 0 Å². The fourth-order valence-corrected chi connectivity index (χ4v) is 4.09. The first-order valence-electron chi connectivity index (χ1n) is 8.03. The van der Waals surface area contributed by atoms with E-state index in [2.05, 4.69) is 0 Å². The Labute approximate surface area is 160 Å². The molecule has 0 saturated heterocycles. The molecule has 0 spiro atoms. The Morgan fingerprint density at radius 1 is 1.15 bits per heavy atom. The Morgan fingerprint density at radius 3 is 2.42 bits per heavy atom. The first-order valence-corrected chi connectivity index (χ1v) is 9.23. The minimum Gasteiger partial charge on any atom is -0.510 e. The van der Waals surface area contributed by atoms with Crippen molar-refractivity contribution in [2.75, 3.05) is 7.11 Å². The van der Waals surface area contributed by atoms with Gasteiger partial charge in [-0.05, 0) is 29.8 Å². The van der Waals surface area contributed by atoms with Crippen LogP contribution in [0.25, 0.3) is 0 Å². The van der Waals surface area contributed by atoms with Crippen LogP contribution in [-0.2, 0) is 14.3 Å². The Morgan fingerprint density at radius 2 is 1.81 bits per heavy atom. The largest absolute Gasteiger partial charge is 0.510 e. The number of allylic oxidation sites excluding steroid dienone is 1. The third-order valence-electron chi connectivity index (χ3n) is 4.30. The highest BCUT2D eigenvalue weighted by molar-refractivity contribution is 8.04. The van der Waals surface area contributed by atoms with E-state index in [9.17, 15) is 14.7 Å². The molecular weight excluding hydrogens is 372 g/mol. The van der Waals surface area contributed by atoms with Gasteiger partial charge in [-0.3, -0.25) is 9.59 Å². The number of ether oxygens (including phenoxy) is 1. The summed E-state index contributed by atoms with van der Waals surface area (Å²) in [5.74, 6) is -2.35. The Hall–Kier alpha value is -2.24. The van der Waals surface area contributed by atoms with Gasteiger partial charge in [0, 0.05) is 22.3 Å². The van der Waals surface area contributed by atoms with Crippen LogP contribution in [-0.4, -0.2) is 24.0 Å². The fourth-order valence-electron chi connectivity index (χ4n) is 3.03. The number of aliphatic hydroxyl groups excluding tert-OH is 1. The molecule has 2 aromatic rings. The van der Waals surface area contributed by atoms with Crippen LogP contribution in [0.5, 0.6) is 0 Å². The van der Waals surface area contributed by atoms with Crippen molar-refractivity contribution in [3.05, 3.63) is 75.8 Å². The van der Waals surface area contributed by atoms with Crippen LogP contribution in [0.15, 0.2) is 70.2 Å². The number of Topliss-reactive ketones (excluding diaryl/α,β-unsaturated/α-hetero) is 1. The van der Waals surface area contributed by atoms with Gasteiger partial charge in [0.2, 0.25) is 0 Å². The van der Waals surface area contributed by atoms with Gasteiger partial charge < -0.3 is 9.84 Å². The zero-order chi connectivity index (χ0) is 18.7. The SMILES string of the molecule is COC(=O)[C@@H]1C(O)=C(Sc2ccc(Cl)cc2)C(=O)C[C@H]1c1ccccc1. The van der Waals surface area contributed by atoms with Crippen LogP contribution in [0.1, 0.15) is 17.9 Å². The first-order chi connectivity index (χ1) is 12.5. The highest BCUT2D eigenvalue weighted by Crippen LogP contribution is 2.44. The van der Waals surface area contributed by atoms with E-state index < -0.39 is 17.8 Å². The monoisotopic (exact) mass is 388 g/mol. The molecule has 1 aliphatic rings. The van der Waals surface area contributed by atoms with E-state index in [0.717, 1.165) is 22.2 Å². The van der Waals surface area contributed by atoms with Crippen LogP contribution in [0, 0.1) is 5.92 Å². The summed E-state index contributed by atoms with van der Waals surface area (Å²) in [6, 6.07) is 16.2. The molecule has 1 aliphatic carbocycles. The molecule has 0 fully saturated rings. The average molecular weight is 389 g/mol. The molecule has 134 valence electrons. The van der Waals surface area contributed by atoms with E-state index in [1.807, 2.05) is 30.3 Å². The number of hydrogen-bond donors (Lipinski definition) is 1. The molecule has 1 N–H and O–H groups in total. The molecule has 3 rings (SSSR count). The molecule has 6 heteroatoms. The van der Waals surface area contributed by atoms with Gasteiger partial charge in [0.25, 0.3) is 0 Å². The van der Waals surface area contributed by atoms with Gasteiger partial charge in [0.15, 0.2) is 5.78 Å². The zero-order valence-electron chi connectivity index (χ0n) is 14.0. The maximum Gasteiger partial charge on any atom is 0.317 e. The molecule has 2 atom stereocenters. The number of carbonyl (C=O) groups is 2. The molecule has 0 amide bonds. The lowest BCUT2D eigenvalue weighted by Gasteiger charge is -2.30. The predicted molar refractivity (Wildman–Crippen MR) is 101 cm³/mol. The van der Waals surface area contributed by atoms with E-state index in [1.54, 1.807) is 24.3 Å². The van der Waals surface area contributed by atoms with Crippen molar-refractivity contribution in [1.29, 1.82) is 0 Å². The number of carbonyl (C=O) groups excluding carboxylic acids is 2. The van der Waals surface area contributed by atoms with E-state index in [4.69, 9.17) is 16.3 Å². The van der Waals surface area contributed by atoms with Crippen LogP contribution in [0.2, 0.25) is 5.02 Å². The van der Waals surface area contributed by atoms with Crippen molar-refractivity contribution in [2.24, 2.45) is 5.92 Å². The Kier molecular flexibility index (Phi) is 5.69. The van der Waals surface area contributed by atoms with E-state index in [-0.39, 0.29) is 22.9 Å². The number of methoxy groups -OCH3 is 1. The third kappa shape index (κ3) is 3.79. The molecular formula is C20H17ClO4S. The van der Waals surface area contributed by atoms with Crippen molar-refractivity contribution in [3.8, 4) is 0 Å². The van der Waals surface area contributed by atoms with Gasteiger partial charge in [0.1, 0.15) is 11.7 Å². The summed E-state index contributed by atoms with van der Waals surface area (Å²) in [7, 11) is 1.28. The van der Waals surface area contributed by atoms with E-state index in [0.29, 0.717) is 5.02 Å². The second kappa shape index (κ2) is 7.98. The van der Waals surface area contributed by atoms with E-state index in [1.165, 1.54) is 7.11 Å². The minimum atomic E-state index is -0.907. The van der Waals surface area contributed by atoms with Crippen LogP contribution >= 0.6 is 23.4 Å². The summed E-state index contributed by atoms with van der Waals surface area (Å²) < 4.78 is 4.89. The Balaban J connectivity index is 2.00. The third-order valence-corrected chi connectivity index (χ3v) is 5.71. The molecule has 0 bridgehead atoms. The van der Waals surface area contributed by atoms with Gasteiger partial charge in [0.05, 0.1) is 12.0 Å². The van der Waals surface area contributed by atoms with Gasteiger partial charge in [-0.2, -0.15) is 0 Å². The van der Waals surface area contributed by atoms with Crippen molar-refractivity contribution in [3.63, 3.8) is 0 Å². The number of esters is 1. The predicted octanol–water partition coefficient (Wildman–Crippen LogP) is 4.75. The average Bonchev–Trinajstić information content (AvgIpc) is 2.66. The summed E-state index contributed by atoms with van der Waals surface area (Å²) >= 11 is 7.02. The molecule has 0 saturated carbocycles. The molecule has 2 aromatic carbocycles. The van der Waals surface area contributed by atoms with Crippen molar-refractivity contribution in [1.82, 2.24) is 0 Å². The highest BCUT2D eigenvalue weighted by atomic mass is 35.5. The standard InChI is InChI=1S/C20H17ClO4S/c1-25-20(24)17-15(12-5-3-2-4-6-12)11-16(22)19(18(17)23)26-14-9-7-13(21)8-10-14/h2-10,15,17,23H,11H2,1H3/t15-,17-/m0/s1. The van der Waals surface area contributed by atoms with Crippen LogP contribution in [0.3, 0.4) is 0 Å². The maximum atomic E-state index is 12.7. The summed E-state index contributed by atoms with van der Waals surface area (Å²) in [5.41, 5.74) is 0.818. The highest BCUT2D eigenvalue weighted by Gasteiger charge is 2.42. The number of halogens is 1. The fraction of sp³-hybridized carbons (Fsp3) is 0.200. The topological polar surface area (TPSA) is 63.6 Å². The van der Waals surface area contributed by atoms with Gasteiger partial charge in [-0.1, -0.05) is 53.7 Å². The number of thioether (sulfide) groups is 1. The Bertz CT molecular complexity index is 846. The minimum absolute atomic E-state index is 0.129. The van der Waals surface area contributed by atoms with Crippen LogP contribution in [0.4, 0.5) is 0 Å². The number of aliphatic hydroxyl groups is 1. The van der Waals surface area contributed by atoms with Crippen molar-refractivity contribution >= 4 is 35.1 Å². The summed E-state index contributed by atoms with van der Waals surface area (Å²) in [5, 5.41) is 11.3. The second-order valence-electron chi connectivity index (χ2n) is 5.92. The summed E-state index contributed by atoms with van der Waals surface area (Å²) in [4.78, 5) is 26.0. The second-order valence-corrected chi connectivity index (χ2v) is 7.44. The molecule has 0 aliphatic heterocycles. The first kappa shape index (κ1) is 18.5. The number of rotatable bonds is 4. The molecule has 0 aromatic heterocycles. The van der Waals surface area contributed by atoms with E-state index >= 15 is 0 Å². The maximum absolute atomic E-state index is 12.7. The van der Waals surface area contributed by atoms with Gasteiger partial charge >= 0.3 is 5.97 Å². The quantitative estimate of drug-likeness (QED) is 0.766. The molecule has 26 heavy (non-hydrogen) atoms. The lowest BCUT2D eigenvalue weighted by molar-refractivity contribution is -0.146. The molecule has 0 unspecified atom stereocenters. The molecule has 0 radical (unpaired) electrons. The lowest BCUT2D eigenvalue weighted by atomic mass is 9.77. The van der Waals surface area contributed by atoms with Gasteiger partial charge in [-0.25, -0.2) is 0 Å². The number of ketones is 1. The zero-order valence-corrected chi connectivity index (χ0v) is 15.6. The smallest absolute Gasteiger partial charge is 0.317 e. The molecule has 0 heterocycles. The lowest BCUT2D eigenvalue weighted by Crippen LogP contribution is -2.32. The van der Waals surface area contributed by atoms with Crippen molar-refractivity contribution in [2.45, 2.75) is 17.2 Å². The molecule has 4 nitrogen and oxygen atoms in total. The normalized spacial score (nSPS) is 20.2. The van der Waals surface area contributed by atoms with Crippen molar-refractivity contribution < 1.29 is 19.4 Å². The number of hydrogen-bond acceptors (Lipinski definition) is 5. The summed E-state index contributed by atoms with van der Waals surface area (Å²) in [6.07, 6.45) is 0.129.